The van der Waals surface area contributed by atoms with E-state index in [1.165, 1.54) is 12.8 Å². The van der Waals surface area contributed by atoms with Crippen LogP contribution in [0.15, 0.2) is 24.5 Å². The first-order valence-electron chi connectivity index (χ1n) is 11.1. The van der Waals surface area contributed by atoms with Crippen molar-refractivity contribution in [2.45, 2.75) is 57.7 Å². The number of hydrogen-bond donors (Lipinski definition) is 1. The van der Waals surface area contributed by atoms with E-state index in [1.807, 2.05) is 16.7 Å². The van der Waals surface area contributed by atoms with Crippen molar-refractivity contribution >= 4 is 30.0 Å². The number of nitrogens with one attached hydrogen (secondary N) is 1. The molecule has 0 aliphatic carbocycles. The molecule has 4 heterocycles. The predicted octanol–water partition coefficient (Wildman–Crippen LogP) is 4.29. The molecule has 1 aliphatic rings. The molecule has 0 saturated carbocycles. The van der Waals surface area contributed by atoms with Gasteiger partial charge in [-0.25, -0.2) is 9.97 Å². The van der Waals surface area contributed by atoms with Crippen molar-refractivity contribution in [3.63, 3.8) is 0 Å². The molecular formula is C23H31N5O2Si. The zero-order valence-electron chi connectivity index (χ0n) is 18.6. The molecule has 1 fully saturated rings. The van der Waals surface area contributed by atoms with Crippen molar-refractivity contribution in [2.24, 2.45) is 0 Å². The van der Waals surface area contributed by atoms with Gasteiger partial charge in [-0.15, -0.1) is 0 Å². The van der Waals surface area contributed by atoms with Crippen LogP contribution in [-0.2, 0) is 11.5 Å². The van der Waals surface area contributed by atoms with E-state index in [9.17, 15) is 5.26 Å². The number of rotatable bonds is 8. The number of ether oxygens (including phenoxy) is 2. The van der Waals surface area contributed by atoms with Gasteiger partial charge in [0.25, 0.3) is 0 Å². The van der Waals surface area contributed by atoms with Gasteiger partial charge in [-0.05, 0) is 37.6 Å². The lowest BCUT2D eigenvalue weighted by Gasteiger charge is -2.23. The molecular weight excluding hydrogens is 406 g/mol. The smallest absolute Gasteiger partial charge is 0.146 e. The fourth-order valence-electron chi connectivity index (χ4n) is 3.97. The minimum Gasteiger partial charge on any atom is -0.491 e. The third kappa shape index (κ3) is 5.06. The molecule has 0 amide bonds. The Morgan fingerprint density at radius 3 is 2.90 bits per heavy atom. The minimum atomic E-state index is -1.16. The van der Waals surface area contributed by atoms with E-state index in [0.717, 1.165) is 53.3 Å². The van der Waals surface area contributed by atoms with Crippen LogP contribution >= 0.6 is 0 Å². The zero-order valence-corrected chi connectivity index (χ0v) is 19.6. The second-order valence-corrected chi connectivity index (χ2v) is 15.1. The lowest BCUT2D eigenvalue weighted by Crippen LogP contribution is -2.38. The molecule has 3 aromatic heterocycles. The third-order valence-electron chi connectivity index (χ3n) is 5.78. The van der Waals surface area contributed by atoms with Crippen LogP contribution < -0.4 is 10.1 Å². The van der Waals surface area contributed by atoms with Crippen LogP contribution in [0.25, 0.3) is 21.9 Å². The fraction of sp³-hybridized carbons (Fsp3) is 0.522. The summed E-state index contributed by atoms with van der Waals surface area (Å²) in [5, 5.41) is 14.7. The summed E-state index contributed by atoms with van der Waals surface area (Å²) in [7, 11) is -1.16. The summed E-state index contributed by atoms with van der Waals surface area (Å²) >= 11 is 0. The molecule has 7 nitrogen and oxygen atoms in total. The molecule has 31 heavy (non-hydrogen) atoms. The lowest BCUT2D eigenvalue weighted by molar-refractivity contribution is 0.0925. The van der Waals surface area contributed by atoms with E-state index < -0.39 is 8.07 Å². The van der Waals surface area contributed by atoms with Gasteiger partial charge in [-0.1, -0.05) is 26.1 Å². The molecule has 4 rings (SSSR count). The van der Waals surface area contributed by atoms with Crippen LogP contribution in [-0.4, -0.2) is 48.4 Å². The number of fused-ring (bicyclic) bond motifs is 3. The molecule has 1 saturated heterocycles. The highest BCUT2D eigenvalue weighted by Crippen LogP contribution is 2.34. The van der Waals surface area contributed by atoms with Crippen molar-refractivity contribution in [3.05, 3.63) is 30.2 Å². The van der Waals surface area contributed by atoms with Crippen LogP contribution in [0, 0.1) is 11.3 Å². The van der Waals surface area contributed by atoms with Crippen molar-refractivity contribution in [3.8, 4) is 11.8 Å². The second-order valence-electron chi connectivity index (χ2n) is 9.44. The molecule has 1 N–H and O–H groups in total. The molecule has 0 aromatic carbocycles. The Bertz CT molecular complexity index is 1090. The first kappa shape index (κ1) is 21.7. The minimum absolute atomic E-state index is 0.367. The maximum Gasteiger partial charge on any atom is 0.146 e. The van der Waals surface area contributed by atoms with E-state index >= 15 is 0 Å². The number of piperidine rings is 1. The van der Waals surface area contributed by atoms with Crippen molar-refractivity contribution in [1.29, 1.82) is 5.26 Å². The van der Waals surface area contributed by atoms with Crippen LogP contribution in [0.5, 0.6) is 5.75 Å². The Morgan fingerprint density at radius 1 is 1.29 bits per heavy atom. The van der Waals surface area contributed by atoms with E-state index in [2.05, 4.69) is 41.0 Å². The highest BCUT2D eigenvalue weighted by Gasteiger charge is 2.19. The summed E-state index contributed by atoms with van der Waals surface area (Å²) in [6, 6.07) is 7.36. The number of aromatic nitrogens is 3. The number of nitrogens with zero attached hydrogens (tertiary/aromatic N) is 4. The Kier molecular flexibility index (Phi) is 6.56. The molecule has 1 aliphatic heterocycles. The molecule has 164 valence electrons. The number of nitriles is 1. The molecule has 8 heteroatoms. The monoisotopic (exact) mass is 437 g/mol. The Hall–Kier alpha value is -2.47. The van der Waals surface area contributed by atoms with E-state index in [-0.39, 0.29) is 0 Å². The van der Waals surface area contributed by atoms with Gasteiger partial charge in [-0.2, -0.15) is 5.26 Å². The third-order valence-corrected chi connectivity index (χ3v) is 7.48. The van der Waals surface area contributed by atoms with Crippen LogP contribution in [0.4, 0.5) is 0 Å². The first-order chi connectivity index (χ1) is 15.0. The molecule has 1 atom stereocenters. The molecule has 3 aromatic rings. The number of hydrogen-bond acceptors (Lipinski definition) is 6. The van der Waals surface area contributed by atoms with E-state index in [4.69, 9.17) is 9.47 Å². The second kappa shape index (κ2) is 9.35. The molecule has 0 radical (unpaired) electrons. The maximum atomic E-state index is 9.37. The zero-order chi connectivity index (χ0) is 21.8. The maximum absolute atomic E-state index is 9.37. The summed E-state index contributed by atoms with van der Waals surface area (Å²) in [5.74, 6) is 0.790. The van der Waals surface area contributed by atoms with Gasteiger partial charge in [0.05, 0.1) is 17.1 Å². The predicted molar refractivity (Wildman–Crippen MR) is 125 cm³/mol. The molecule has 0 spiro atoms. The van der Waals surface area contributed by atoms with Gasteiger partial charge in [0.15, 0.2) is 0 Å². The quantitative estimate of drug-likeness (QED) is 0.418. The standard InChI is InChI=1S/C23H31N5O2Si/c1-31(2,3)11-10-29-16-28-20-14-27-18(13-24)12-19(20)22-21(7-9-26-23(22)28)30-15-17-6-4-5-8-25-17/h7,9,12,14,17,25H,4-6,8,10-11,15-16H2,1-3H3/t17-/m1/s1. The highest BCUT2D eigenvalue weighted by molar-refractivity contribution is 6.76. The first-order valence-corrected chi connectivity index (χ1v) is 14.8. The van der Waals surface area contributed by atoms with Crippen molar-refractivity contribution in [2.75, 3.05) is 19.8 Å². The SMILES string of the molecule is C[Si](C)(C)CCOCn1c2cnc(C#N)cc2c2c(OC[C@H]3CCCCN3)ccnc21. The van der Waals surface area contributed by atoms with Gasteiger partial charge in [-0.3, -0.25) is 4.57 Å². The van der Waals surface area contributed by atoms with Gasteiger partial charge >= 0.3 is 0 Å². The molecule has 0 unspecified atom stereocenters. The topological polar surface area (TPSA) is 85.0 Å². The summed E-state index contributed by atoms with van der Waals surface area (Å²) in [6.07, 6.45) is 7.11. The Morgan fingerprint density at radius 2 is 2.16 bits per heavy atom. The summed E-state index contributed by atoms with van der Waals surface area (Å²) in [6.45, 7) is 9.83. The van der Waals surface area contributed by atoms with Gasteiger partial charge < -0.3 is 14.8 Å². The van der Waals surface area contributed by atoms with Crippen molar-refractivity contribution in [1.82, 2.24) is 19.9 Å². The van der Waals surface area contributed by atoms with Gasteiger partial charge in [0.1, 0.15) is 36.5 Å². The fourth-order valence-corrected chi connectivity index (χ4v) is 4.73. The number of pyridine rings is 2. The normalized spacial score (nSPS) is 17.2. The van der Waals surface area contributed by atoms with Gasteiger partial charge in [0, 0.05) is 32.3 Å². The van der Waals surface area contributed by atoms with Crippen LogP contribution in [0.3, 0.4) is 0 Å². The summed E-state index contributed by atoms with van der Waals surface area (Å²) < 4.78 is 14.3. The molecule has 0 bridgehead atoms. The van der Waals surface area contributed by atoms with Crippen molar-refractivity contribution < 1.29 is 9.47 Å². The summed E-state index contributed by atoms with van der Waals surface area (Å²) in [5.41, 5.74) is 2.09. The van der Waals surface area contributed by atoms with Crippen LogP contribution in [0.1, 0.15) is 25.0 Å². The Labute approximate surface area is 184 Å². The van der Waals surface area contributed by atoms with E-state index in [0.29, 0.717) is 25.1 Å². The van der Waals surface area contributed by atoms with Gasteiger partial charge in [0.2, 0.25) is 0 Å². The average Bonchev–Trinajstić information content (AvgIpc) is 3.08. The van der Waals surface area contributed by atoms with Crippen LogP contribution in [0.2, 0.25) is 25.7 Å². The Balaban J connectivity index is 1.67. The summed E-state index contributed by atoms with van der Waals surface area (Å²) in [4.78, 5) is 8.93. The highest BCUT2D eigenvalue weighted by atomic mass is 28.3. The lowest BCUT2D eigenvalue weighted by atomic mass is 10.1. The van der Waals surface area contributed by atoms with E-state index in [1.54, 1.807) is 12.4 Å². The largest absolute Gasteiger partial charge is 0.491 e. The average molecular weight is 438 g/mol.